The molecule has 0 aromatic heterocycles. The Morgan fingerprint density at radius 2 is 0.698 bits per heavy atom. The Morgan fingerprint density at radius 3 is 0.930 bits per heavy atom. The van der Waals surface area contributed by atoms with Crippen molar-refractivity contribution in [1.82, 2.24) is 0 Å². The van der Waals surface area contributed by atoms with Crippen molar-refractivity contribution in [1.29, 1.82) is 0 Å². The summed E-state index contributed by atoms with van der Waals surface area (Å²) in [7, 11) is 0. The van der Waals surface area contributed by atoms with Crippen LogP contribution >= 0.6 is 0 Å². The Hall–Kier alpha value is -2.22. The Morgan fingerprint density at radius 1 is 0.395 bits per heavy atom. The smallest absolute Gasteiger partial charge is 0.228 e. The summed E-state index contributed by atoms with van der Waals surface area (Å²) in [6.45, 7) is 0. The molecule has 43 heavy (non-hydrogen) atoms. The topological polar surface area (TPSA) is 0 Å². The zero-order valence-corrected chi connectivity index (χ0v) is 18.1. The molecule has 0 aliphatic heterocycles. The fourth-order valence-corrected chi connectivity index (χ4v) is 3.74. The molecule has 0 bridgehead atoms. The average molecular weight is 712 g/mol. The largest absolute Gasteiger partial charge is 0.460 e. The van der Waals surface area contributed by atoms with E-state index >= 15 is 8.78 Å². The van der Waals surface area contributed by atoms with Crippen LogP contribution in [0.5, 0.6) is 0 Å². The lowest BCUT2D eigenvalue weighted by Crippen LogP contribution is -2.95. The van der Waals surface area contributed by atoms with E-state index in [1.807, 2.05) is 0 Å². The van der Waals surface area contributed by atoms with Crippen molar-refractivity contribution in [2.45, 2.75) is 77.2 Å². The highest BCUT2D eigenvalue weighted by Crippen LogP contribution is 2.79. The van der Waals surface area contributed by atoms with Gasteiger partial charge in [0.25, 0.3) is 11.3 Å². The fourth-order valence-electron chi connectivity index (χ4n) is 3.74. The number of hydrogen-bond acceptors (Lipinski definition) is 0. The molecule has 0 spiro atoms. The van der Waals surface area contributed by atoms with Gasteiger partial charge in [0, 0.05) is 0 Å². The molecule has 28 heteroatoms. The maximum atomic E-state index is 15.5. The van der Waals surface area contributed by atoms with Gasteiger partial charge in [-0.3, -0.25) is 0 Å². The molecular weight excluding hydrogens is 712 g/mol. The predicted molar refractivity (Wildman–Crippen MR) is 73.6 cm³/mol. The van der Waals surface area contributed by atoms with Crippen molar-refractivity contribution < 1.29 is 123 Å². The summed E-state index contributed by atoms with van der Waals surface area (Å²) in [5, 5.41) is 0. The Labute approximate surface area is 213 Å². The quantitative estimate of drug-likeness (QED) is 0.256. The van der Waals surface area contributed by atoms with Crippen LogP contribution in [0.3, 0.4) is 0 Å². The van der Waals surface area contributed by atoms with Crippen LogP contribution in [-0.2, 0) is 0 Å². The van der Waals surface area contributed by atoms with E-state index in [0.717, 1.165) is 0 Å². The summed E-state index contributed by atoms with van der Waals surface area (Å²) in [6.07, 6.45) is -45.0. The summed E-state index contributed by atoms with van der Waals surface area (Å²) < 4.78 is 381. The normalized spacial score (nSPS) is 31.5. The molecule has 0 N–H and O–H groups in total. The Kier molecular flexibility index (Phi) is 8.07. The first-order valence-electron chi connectivity index (χ1n) is 9.04. The highest BCUT2D eigenvalue weighted by atomic mass is 19.4. The van der Waals surface area contributed by atoms with Crippen LogP contribution in [0.15, 0.2) is 11.4 Å². The minimum absolute atomic E-state index is 6.59. The van der Waals surface area contributed by atoms with Gasteiger partial charge in [0.1, 0.15) is 5.57 Å². The van der Waals surface area contributed by atoms with Crippen LogP contribution in [0.2, 0.25) is 0 Å². The van der Waals surface area contributed by atoms with Crippen LogP contribution in [0.1, 0.15) is 0 Å². The second-order valence-electron chi connectivity index (χ2n) is 8.11. The van der Waals surface area contributed by atoms with Gasteiger partial charge in [-0.15, -0.1) is 0 Å². The van der Waals surface area contributed by atoms with E-state index in [0.29, 0.717) is 0 Å². The first-order valence-corrected chi connectivity index (χ1v) is 9.04. The zero-order chi connectivity index (χ0) is 35.7. The number of rotatable bonds is 3. The van der Waals surface area contributed by atoms with Crippen molar-refractivity contribution in [2.75, 3.05) is 0 Å². The summed E-state index contributed by atoms with van der Waals surface area (Å²) in [4.78, 5) is 0. The van der Waals surface area contributed by atoms with Crippen molar-refractivity contribution in [2.24, 2.45) is 0 Å². The lowest BCUT2D eigenvalue weighted by atomic mass is 9.53. The van der Waals surface area contributed by atoms with Crippen molar-refractivity contribution in [3.8, 4) is 0 Å². The maximum absolute atomic E-state index is 15.5. The molecule has 0 radical (unpaired) electrons. The van der Waals surface area contributed by atoms with Gasteiger partial charge >= 0.3 is 65.9 Å². The predicted octanol–water partition coefficient (Wildman–Crippen LogP) is 9.41. The van der Waals surface area contributed by atoms with Gasteiger partial charge < -0.3 is 0 Å². The monoisotopic (exact) mass is 712 g/mol. The van der Waals surface area contributed by atoms with Crippen LogP contribution in [0.25, 0.3) is 0 Å². The van der Waals surface area contributed by atoms with E-state index in [-0.39, 0.29) is 0 Å². The summed E-state index contributed by atoms with van der Waals surface area (Å²) in [5.41, 5.74) is -47.4. The molecule has 0 amide bonds. The van der Waals surface area contributed by atoms with Gasteiger partial charge in [0.2, 0.25) is 0 Å². The standard InChI is InChI=1S/C15F28/c16-2(4(18,19)12(32,33)34)1(5(20,21)22)3(17)6(23,7(24,13(35,36)37)14(38,39)40)10(28,29)11(30,31)8(25,9(3,26)27)15(41,42)43. The number of hydrogen-bond donors (Lipinski definition) is 0. The molecular formula is C15F28. The van der Waals surface area contributed by atoms with Crippen LogP contribution in [-0.4, -0.2) is 77.2 Å². The lowest BCUT2D eigenvalue weighted by molar-refractivity contribution is -0.513. The molecule has 1 aliphatic rings. The minimum atomic E-state index is -10.4. The van der Waals surface area contributed by atoms with E-state index in [1.54, 1.807) is 0 Å². The molecule has 0 aromatic carbocycles. The van der Waals surface area contributed by atoms with Gasteiger partial charge in [-0.2, -0.15) is 101 Å². The number of alkyl halides is 27. The molecule has 0 nitrogen and oxygen atoms in total. The SMILES string of the molecule is FC(=C(C(F)(F)F)C1(F)C(F)(F)C(F)(C(F)(F)F)C(F)(F)C(F)(F)C1(F)C(F)(C(F)(F)F)C(F)(F)F)C(F)(F)C(F)(F)F. The van der Waals surface area contributed by atoms with Crippen molar-refractivity contribution in [3.05, 3.63) is 11.4 Å². The highest BCUT2D eigenvalue weighted by Gasteiger charge is 3.11. The van der Waals surface area contributed by atoms with Gasteiger partial charge in [-0.05, 0) is 0 Å². The van der Waals surface area contributed by atoms with Crippen LogP contribution in [0.4, 0.5) is 123 Å². The molecule has 0 aromatic rings. The summed E-state index contributed by atoms with van der Waals surface area (Å²) in [6, 6.07) is 0. The lowest BCUT2D eigenvalue weighted by Gasteiger charge is -2.61. The third-order valence-electron chi connectivity index (χ3n) is 5.73. The molecule has 3 atom stereocenters. The molecule has 1 saturated carbocycles. The summed E-state index contributed by atoms with van der Waals surface area (Å²) in [5.74, 6) is -44.9. The minimum Gasteiger partial charge on any atom is -0.228 e. The zero-order valence-electron chi connectivity index (χ0n) is 18.1. The van der Waals surface area contributed by atoms with Crippen molar-refractivity contribution in [3.63, 3.8) is 0 Å². The van der Waals surface area contributed by atoms with Gasteiger partial charge in [-0.25, -0.2) is 22.0 Å². The second kappa shape index (κ2) is 8.95. The van der Waals surface area contributed by atoms with E-state index in [1.165, 1.54) is 0 Å². The van der Waals surface area contributed by atoms with E-state index in [4.69, 9.17) is 0 Å². The third kappa shape index (κ3) is 4.02. The molecule has 0 saturated heterocycles. The second-order valence-corrected chi connectivity index (χ2v) is 8.11. The number of allylic oxidation sites excluding steroid dienone is 2. The summed E-state index contributed by atoms with van der Waals surface area (Å²) >= 11 is 0. The third-order valence-corrected chi connectivity index (χ3v) is 5.73. The molecule has 3 unspecified atom stereocenters. The van der Waals surface area contributed by atoms with Gasteiger partial charge in [0.05, 0.1) is 0 Å². The van der Waals surface area contributed by atoms with Gasteiger partial charge in [0.15, 0.2) is 5.83 Å². The van der Waals surface area contributed by atoms with Crippen LogP contribution < -0.4 is 0 Å². The maximum Gasteiger partial charge on any atom is 0.460 e. The number of halogens is 28. The molecule has 1 rings (SSSR count). The molecule has 0 heterocycles. The highest BCUT2D eigenvalue weighted by molar-refractivity contribution is 5.49. The van der Waals surface area contributed by atoms with Crippen molar-refractivity contribution >= 4 is 0 Å². The Bertz CT molecular complexity index is 1110. The van der Waals surface area contributed by atoms with E-state index < -0.39 is 88.6 Å². The first-order chi connectivity index (χ1) is 18.0. The molecule has 1 fully saturated rings. The molecule has 256 valence electrons. The molecule has 1 aliphatic carbocycles. The average Bonchev–Trinajstić information content (AvgIpc) is 2.71. The first kappa shape index (κ1) is 38.8. The van der Waals surface area contributed by atoms with Crippen LogP contribution in [0, 0.1) is 0 Å². The van der Waals surface area contributed by atoms with E-state index in [2.05, 4.69) is 0 Å². The Balaban J connectivity index is 5.21. The van der Waals surface area contributed by atoms with Gasteiger partial charge in [-0.1, -0.05) is 0 Å². The fraction of sp³-hybridized carbons (Fsp3) is 0.867. The van der Waals surface area contributed by atoms with E-state index in [9.17, 15) is 114 Å².